The molecule has 21 heavy (non-hydrogen) atoms. The van der Waals surface area contributed by atoms with Crippen molar-refractivity contribution >= 4 is 11.6 Å². The second-order valence-corrected chi connectivity index (χ2v) is 4.65. The zero-order chi connectivity index (χ0) is 15.2. The van der Waals surface area contributed by atoms with Gasteiger partial charge in [0, 0.05) is 23.6 Å². The molecule has 2 N–H and O–H groups in total. The number of carbonyl (C=O) groups excluding carboxylic acids is 1. The fourth-order valence-corrected chi connectivity index (χ4v) is 1.89. The average Bonchev–Trinajstić information content (AvgIpc) is 2.48. The van der Waals surface area contributed by atoms with Crippen molar-refractivity contribution in [2.24, 2.45) is 0 Å². The summed E-state index contributed by atoms with van der Waals surface area (Å²) in [5.74, 6) is 5.14. The maximum atomic E-state index is 12.4. The maximum Gasteiger partial charge on any atom is 0.256 e. The van der Waals surface area contributed by atoms with E-state index in [2.05, 4.69) is 22.1 Å². The van der Waals surface area contributed by atoms with Gasteiger partial charge in [-0.1, -0.05) is 23.5 Å². The molecule has 0 fully saturated rings. The molecule has 0 aliphatic carbocycles. The Morgan fingerprint density at radius 2 is 2.14 bits per heavy atom. The second kappa shape index (κ2) is 6.69. The molecule has 0 bridgehead atoms. The van der Waals surface area contributed by atoms with Crippen LogP contribution in [0.4, 0.5) is 5.69 Å². The predicted octanol–water partition coefficient (Wildman–Crippen LogP) is 2.29. The minimum atomic E-state index is -0.238. The van der Waals surface area contributed by atoms with Gasteiger partial charge < -0.3 is 10.4 Å². The van der Waals surface area contributed by atoms with Gasteiger partial charge in [-0.25, -0.2) is 0 Å². The molecule has 1 amide bonds. The number of pyridine rings is 1. The highest BCUT2D eigenvalue weighted by atomic mass is 16.2. The Morgan fingerprint density at radius 3 is 2.86 bits per heavy atom. The van der Waals surface area contributed by atoms with E-state index in [-0.39, 0.29) is 12.5 Å². The molecule has 0 aliphatic heterocycles. The van der Waals surface area contributed by atoms with Gasteiger partial charge in [-0.15, -0.1) is 0 Å². The summed E-state index contributed by atoms with van der Waals surface area (Å²) in [6.45, 7) is 3.56. The van der Waals surface area contributed by atoms with E-state index in [1.165, 1.54) is 0 Å². The number of rotatable bonds is 2. The molecule has 0 radical (unpaired) electrons. The number of aryl methyl sites for hydroxylation is 2. The molecule has 1 heterocycles. The van der Waals surface area contributed by atoms with E-state index < -0.39 is 0 Å². The molecule has 0 saturated heterocycles. The van der Waals surface area contributed by atoms with Crippen LogP contribution in [0, 0.1) is 25.7 Å². The van der Waals surface area contributed by atoms with Crippen molar-refractivity contribution in [3.8, 4) is 11.8 Å². The Morgan fingerprint density at radius 1 is 1.33 bits per heavy atom. The van der Waals surface area contributed by atoms with Crippen molar-refractivity contribution in [3.05, 3.63) is 58.9 Å². The number of hydrogen-bond donors (Lipinski definition) is 2. The standard InChI is InChI=1S/C17H16N2O2/c1-12-5-6-14(4-3-9-20)15(10-12)17(21)19-16-7-8-18-11-13(16)2/h5-8,10-11,20H,9H2,1-2H3,(H,18,19,21). The van der Waals surface area contributed by atoms with Crippen LogP contribution in [0.1, 0.15) is 27.0 Å². The fraction of sp³-hybridized carbons (Fsp3) is 0.176. The molecule has 0 unspecified atom stereocenters. The molecule has 106 valence electrons. The van der Waals surface area contributed by atoms with Crippen LogP contribution in [0.3, 0.4) is 0 Å². The number of hydrogen-bond acceptors (Lipinski definition) is 3. The number of nitrogens with one attached hydrogen (secondary N) is 1. The largest absolute Gasteiger partial charge is 0.384 e. The van der Waals surface area contributed by atoms with Crippen LogP contribution in [-0.4, -0.2) is 22.6 Å². The van der Waals surface area contributed by atoms with E-state index in [0.717, 1.165) is 16.8 Å². The van der Waals surface area contributed by atoms with Gasteiger partial charge >= 0.3 is 0 Å². The number of aliphatic hydroxyl groups is 1. The lowest BCUT2D eigenvalue weighted by atomic mass is 10.0. The Bertz CT molecular complexity index is 727. The summed E-state index contributed by atoms with van der Waals surface area (Å²) in [5, 5.41) is 11.7. The number of aromatic nitrogens is 1. The Kier molecular flexibility index (Phi) is 4.70. The lowest BCUT2D eigenvalue weighted by molar-refractivity contribution is 0.102. The third kappa shape index (κ3) is 3.68. The van der Waals surface area contributed by atoms with E-state index in [4.69, 9.17) is 5.11 Å². The van der Waals surface area contributed by atoms with Gasteiger partial charge in [0.05, 0.1) is 5.56 Å². The third-order valence-corrected chi connectivity index (χ3v) is 2.99. The van der Waals surface area contributed by atoms with Crippen LogP contribution in [0.25, 0.3) is 0 Å². The van der Waals surface area contributed by atoms with Gasteiger partial charge in [0.1, 0.15) is 6.61 Å². The highest BCUT2D eigenvalue weighted by molar-refractivity contribution is 6.06. The van der Waals surface area contributed by atoms with E-state index in [1.54, 1.807) is 30.6 Å². The molecule has 4 heteroatoms. The molecule has 0 spiro atoms. The van der Waals surface area contributed by atoms with Gasteiger partial charge in [-0.05, 0) is 37.6 Å². The number of carbonyl (C=O) groups is 1. The quantitative estimate of drug-likeness (QED) is 0.830. The smallest absolute Gasteiger partial charge is 0.256 e. The molecule has 2 aromatic rings. The van der Waals surface area contributed by atoms with Gasteiger partial charge in [-0.2, -0.15) is 0 Å². The molecule has 2 rings (SSSR count). The SMILES string of the molecule is Cc1ccc(C#CCO)c(C(=O)Nc2ccncc2C)c1. The first-order valence-corrected chi connectivity index (χ1v) is 6.54. The van der Waals surface area contributed by atoms with Crippen LogP contribution in [0.2, 0.25) is 0 Å². The normalized spacial score (nSPS) is 9.67. The highest BCUT2D eigenvalue weighted by Gasteiger charge is 2.12. The summed E-state index contributed by atoms with van der Waals surface area (Å²) in [5.41, 5.74) is 3.67. The molecule has 1 aromatic carbocycles. The average molecular weight is 280 g/mol. The minimum Gasteiger partial charge on any atom is -0.384 e. The number of anilines is 1. The number of amides is 1. The topological polar surface area (TPSA) is 62.2 Å². The summed E-state index contributed by atoms with van der Waals surface area (Å²) in [7, 11) is 0. The summed E-state index contributed by atoms with van der Waals surface area (Å²) in [4.78, 5) is 16.4. The zero-order valence-corrected chi connectivity index (χ0v) is 12.0. The molecule has 4 nitrogen and oxygen atoms in total. The van der Waals surface area contributed by atoms with Crippen molar-refractivity contribution in [1.29, 1.82) is 0 Å². The van der Waals surface area contributed by atoms with Crippen LogP contribution in [-0.2, 0) is 0 Å². The first-order valence-electron chi connectivity index (χ1n) is 6.54. The van der Waals surface area contributed by atoms with E-state index >= 15 is 0 Å². The first kappa shape index (κ1) is 14.8. The molecule has 0 atom stereocenters. The summed E-state index contributed by atoms with van der Waals surface area (Å²) in [6.07, 6.45) is 3.32. The summed E-state index contributed by atoms with van der Waals surface area (Å²) < 4.78 is 0. The van der Waals surface area contributed by atoms with E-state index in [0.29, 0.717) is 11.1 Å². The Hall–Kier alpha value is -2.64. The van der Waals surface area contributed by atoms with Crippen LogP contribution in [0.15, 0.2) is 36.7 Å². The van der Waals surface area contributed by atoms with Crippen LogP contribution < -0.4 is 5.32 Å². The Labute approximate surface area is 123 Å². The Balaban J connectivity index is 2.34. The monoisotopic (exact) mass is 280 g/mol. The molecule has 1 aromatic heterocycles. The van der Waals surface area contributed by atoms with E-state index in [9.17, 15) is 4.79 Å². The second-order valence-electron chi connectivity index (χ2n) is 4.65. The van der Waals surface area contributed by atoms with Crippen molar-refractivity contribution < 1.29 is 9.90 Å². The van der Waals surface area contributed by atoms with Crippen molar-refractivity contribution in [3.63, 3.8) is 0 Å². The molecular weight excluding hydrogens is 264 g/mol. The highest BCUT2D eigenvalue weighted by Crippen LogP contribution is 2.16. The minimum absolute atomic E-state index is 0.227. The van der Waals surface area contributed by atoms with Gasteiger partial charge in [0.2, 0.25) is 0 Å². The van der Waals surface area contributed by atoms with Crippen LogP contribution >= 0.6 is 0 Å². The van der Waals surface area contributed by atoms with Crippen molar-refractivity contribution in [2.45, 2.75) is 13.8 Å². The van der Waals surface area contributed by atoms with Crippen molar-refractivity contribution in [2.75, 3.05) is 11.9 Å². The molecule has 0 saturated carbocycles. The number of benzene rings is 1. The zero-order valence-electron chi connectivity index (χ0n) is 12.0. The van der Waals surface area contributed by atoms with E-state index in [1.807, 2.05) is 19.9 Å². The summed E-state index contributed by atoms with van der Waals surface area (Å²) in [6, 6.07) is 7.21. The van der Waals surface area contributed by atoms with Gasteiger partial charge in [-0.3, -0.25) is 9.78 Å². The fourth-order valence-electron chi connectivity index (χ4n) is 1.89. The summed E-state index contributed by atoms with van der Waals surface area (Å²) >= 11 is 0. The van der Waals surface area contributed by atoms with Crippen LogP contribution in [0.5, 0.6) is 0 Å². The van der Waals surface area contributed by atoms with Crippen molar-refractivity contribution in [1.82, 2.24) is 4.98 Å². The molecule has 0 aliphatic rings. The third-order valence-electron chi connectivity index (χ3n) is 2.99. The maximum absolute atomic E-state index is 12.4. The first-order chi connectivity index (χ1) is 10.1. The molecular formula is C17H16N2O2. The lowest BCUT2D eigenvalue weighted by Gasteiger charge is -2.09. The number of aliphatic hydroxyl groups excluding tert-OH is 1. The van der Waals surface area contributed by atoms with Gasteiger partial charge in [0.25, 0.3) is 5.91 Å². The number of nitrogens with zero attached hydrogens (tertiary/aromatic N) is 1. The predicted molar refractivity (Wildman–Crippen MR) is 82.1 cm³/mol. The van der Waals surface area contributed by atoms with Gasteiger partial charge in [0.15, 0.2) is 0 Å². The lowest BCUT2D eigenvalue weighted by Crippen LogP contribution is -2.14.